The van der Waals surface area contributed by atoms with Crippen LogP contribution in [0.4, 0.5) is 17.1 Å². The van der Waals surface area contributed by atoms with Crippen molar-refractivity contribution in [3.63, 3.8) is 0 Å². The molecule has 156 valence electrons. The summed E-state index contributed by atoms with van der Waals surface area (Å²) in [6.07, 6.45) is 0. The van der Waals surface area contributed by atoms with Gasteiger partial charge in [-0.05, 0) is 21.8 Å². The minimum atomic E-state index is -1.21. The molecule has 0 aliphatic heterocycles. The number of phenolic OH excluding ortho intramolecular Hbond substituents is 1. The van der Waals surface area contributed by atoms with Crippen molar-refractivity contribution in [2.75, 3.05) is 0 Å². The van der Waals surface area contributed by atoms with E-state index in [0.717, 1.165) is 0 Å². The highest BCUT2D eigenvalue weighted by atomic mass is 16.6. The first-order valence-corrected chi connectivity index (χ1v) is 8.72. The third kappa shape index (κ3) is 4.85. The number of phenols is 1. The molecule has 0 saturated carbocycles. The summed E-state index contributed by atoms with van der Waals surface area (Å²) >= 11 is 0. The minimum Gasteiger partial charge on any atom is -0.497 e. The maximum absolute atomic E-state index is 10.4. The molecule has 0 unspecified atom stereocenters. The van der Waals surface area contributed by atoms with Gasteiger partial charge >= 0.3 is 11.4 Å². The van der Waals surface area contributed by atoms with Gasteiger partial charge in [-0.3, -0.25) is 30.3 Å². The number of rotatable bonds is 3. The summed E-state index contributed by atoms with van der Waals surface area (Å²) in [6, 6.07) is 16.0. The second kappa shape index (κ2) is 8.52. The minimum absolute atomic E-state index is 0.223. The molecule has 0 spiro atoms. The summed E-state index contributed by atoms with van der Waals surface area (Å²) in [5.74, 6) is -1.21. The molecular formula is C20H19N3O7. The van der Waals surface area contributed by atoms with Gasteiger partial charge in [0.15, 0.2) is 0 Å². The summed E-state index contributed by atoms with van der Waals surface area (Å²) in [6.45, 7) is 6.78. The first-order valence-electron chi connectivity index (χ1n) is 8.72. The van der Waals surface area contributed by atoms with Gasteiger partial charge in [-0.15, -0.1) is 0 Å². The van der Waals surface area contributed by atoms with E-state index in [-0.39, 0.29) is 5.41 Å². The van der Waals surface area contributed by atoms with Crippen LogP contribution in [0.25, 0.3) is 10.8 Å². The van der Waals surface area contributed by atoms with Crippen molar-refractivity contribution >= 4 is 27.8 Å². The molecule has 0 amide bonds. The van der Waals surface area contributed by atoms with Gasteiger partial charge < -0.3 is 5.11 Å². The lowest BCUT2D eigenvalue weighted by Crippen LogP contribution is -2.11. The Morgan fingerprint density at radius 3 is 1.73 bits per heavy atom. The summed E-state index contributed by atoms with van der Waals surface area (Å²) in [4.78, 5) is 27.8. The fourth-order valence-electron chi connectivity index (χ4n) is 2.85. The van der Waals surface area contributed by atoms with Crippen molar-refractivity contribution in [1.29, 1.82) is 0 Å². The SMILES string of the molecule is CC(C)(C)c1cccc2ccccc12.O=[N+]([O-])c1cc([N+](=O)[O-])c(O)c([N+](=O)[O-])c1. The maximum Gasteiger partial charge on any atom is 0.324 e. The van der Waals surface area contributed by atoms with Crippen LogP contribution in [0, 0.1) is 30.3 Å². The Hall–Kier alpha value is -4.08. The molecule has 3 rings (SSSR count). The van der Waals surface area contributed by atoms with Crippen LogP contribution in [0.5, 0.6) is 5.75 Å². The van der Waals surface area contributed by atoms with E-state index in [4.69, 9.17) is 5.11 Å². The predicted octanol–water partition coefficient (Wildman–Crippen LogP) is 5.25. The number of aromatic hydroxyl groups is 1. The Kier molecular flexibility index (Phi) is 6.30. The van der Waals surface area contributed by atoms with Crippen molar-refractivity contribution in [2.45, 2.75) is 26.2 Å². The topological polar surface area (TPSA) is 150 Å². The standard InChI is InChI=1S/C14H16.C6H3N3O7/c1-14(2,3)13-10-6-8-11-7-4-5-9-12(11)13;10-6-4(8(13)14)1-3(7(11)12)2-5(6)9(15)16/h4-10H,1-3H3;1-2,10H. The summed E-state index contributed by atoms with van der Waals surface area (Å²) < 4.78 is 0. The zero-order valence-electron chi connectivity index (χ0n) is 16.4. The van der Waals surface area contributed by atoms with E-state index in [0.29, 0.717) is 12.1 Å². The number of fused-ring (bicyclic) bond motifs is 1. The molecule has 0 aliphatic rings. The third-order valence-electron chi connectivity index (χ3n) is 4.26. The Labute approximate surface area is 170 Å². The van der Waals surface area contributed by atoms with Crippen LogP contribution in [-0.4, -0.2) is 19.9 Å². The molecule has 0 atom stereocenters. The van der Waals surface area contributed by atoms with Gasteiger partial charge in [-0.1, -0.05) is 63.2 Å². The second-order valence-corrected chi connectivity index (χ2v) is 7.38. The van der Waals surface area contributed by atoms with Crippen molar-refractivity contribution in [3.8, 4) is 5.75 Å². The second-order valence-electron chi connectivity index (χ2n) is 7.38. The zero-order chi connectivity index (χ0) is 22.6. The number of hydrogen-bond acceptors (Lipinski definition) is 7. The van der Waals surface area contributed by atoms with Gasteiger partial charge in [0.25, 0.3) is 11.4 Å². The number of nitrogens with zero attached hydrogens (tertiary/aromatic N) is 3. The van der Waals surface area contributed by atoms with Crippen LogP contribution in [0.15, 0.2) is 54.6 Å². The van der Waals surface area contributed by atoms with E-state index in [9.17, 15) is 30.3 Å². The lowest BCUT2D eigenvalue weighted by atomic mass is 9.84. The molecule has 0 aliphatic carbocycles. The molecule has 3 aromatic rings. The Balaban J connectivity index is 0.000000215. The molecule has 0 bridgehead atoms. The highest BCUT2D eigenvalue weighted by Gasteiger charge is 2.30. The molecule has 3 aromatic carbocycles. The number of nitro groups is 3. The van der Waals surface area contributed by atoms with Crippen LogP contribution in [0.2, 0.25) is 0 Å². The summed E-state index contributed by atoms with van der Waals surface area (Å²) in [5, 5.41) is 42.9. The summed E-state index contributed by atoms with van der Waals surface area (Å²) in [5.41, 5.74) is -1.35. The highest BCUT2D eigenvalue weighted by molar-refractivity contribution is 5.86. The van der Waals surface area contributed by atoms with Crippen LogP contribution in [0.1, 0.15) is 26.3 Å². The van der Waals surface area contributed by atoms with Crippen molar-refractivity contribution in [3.05, 3.63) is 90.5 Å². The molecule has 0 fully saturated rings. The molecule has 1 N–H and O–H groups in total. The van der Waals surface area contributed by atoms with Crippen LogP contribution >= 0.6 is 0 Å². The lowest BCUT2D eigenvalue weighted by molar-refractivity contribution is -0.404. The zero-order valence-corrected chi connectivity index (χ0v) is 16.4. The average Bonchev–Trinajstić information content (AvgIpc) is 2.66. The predicted molar refractivity (Wildman–Crippen MR) is 111 cm³/mol. The first-order chi connectivity index (χ1) is 13.9. The average molecular weight is 413 g/mol. The Bertz CT molecular complexity index is 1100. The van der Waals surface area contributed by atoms with Crippen LogP contribution < -0.4 is 0 Å². The van der Waals surface area contributed by atoms with E-state index >= 15 is 0 Å². The quantitative estimate of drug-likeness (QED) is 0.455. The van der Waals surface area contributed by atoms with Gasteiger partial charge in [-0.2, -0.15) is 0 Å². The maximum atomic E-state index is 10.4. The van der Waals surface area contributed by atoms with Gasteiger partial charge in [0.05, 0.1) is 26.9 Å². The first kappa shape index (κ1) is 22.2. The number of non-ortho nitro benzene ring substituents is 1. The van der Waals surface area contributed by atoms with E-state index in [1.807, 2.05) is 0 Å². The monoisotopic (exact) mass is 413 g/mol. The smallest absolute Gasteiger partial charge is 0.324 e. The van der Waals surface area contributed by atoms with Gasteiger partial charge in [0.2, 0.25) is 0 Å². The molecule has 0 aromatic heterocycles. The van der Waals surface area contributed by atoms with Crippen LogP contribution in [0.3, 0.4) is 0 Å². The number of hydrogen-bond donors (Lipinski definition) is 1. The van der Waals surface area contributed by atoms with Gasteiger partial charge in [0.1, 0.15) is 0 Å². The summed E-state index contributed by atoms with van der Waals surface area (Å²) in [7, 11) is 0. The number of nitro benzene ring substituents is 3. The van der Waals surface area contributed by atoms with Crippen LogP contribution in [-0.2, 0) is 5.41 Å². The number of benzene rings is 3. The molecule has 0 saturated heterocycles. The van der Waals surface area contributed by atoms with Crippen molar-refractivity contribution in [1.82, 2.24) is 0 Å². The van der Waals surface area contributed by atoms with Gasteiger partial charge in [0, 0.05) is 0 Å². The normalized spacial score (nSPS) is 10.8. The van der Waals surface area contributed by atoms with Gasteiger partial charge in [-0.25, -0.2) is 0 Å². The highest BCUT2D eigenvalue weighted by Crippen LogP contribution is 2.39. The van der Waals surface area contributed by atoms with E-state index in [1.54, 1.807) is 0 Å². The molecular weight excluding hydrogens is 394 g/mol. The van der Waals surface area contributed by atoms with E-state index in [1.165, 1.54) is 16.3 Å². The third-order valence-corrected chi connectivity index (χ3v) is 4.26. The molecule has 0 heterocycles. The van der Waals surface area contributed by atoms with E-state index < -0.39 is 37.6 Å². The van der Waals surface area contributed by atoms with E-state index in [2.05, 4.69) is 63.2 Å². The molecule has 10 heteroatoms. The Morgan fingerprint density at radius 2 is 1.27 bits per heavy atom. The Morgan fingerprint density at radius 1 is 0.767 bits per heavy atom. The largest absolute Gasteiger partial charge is 0.497 e. The fourth-order valence-corrected chi connectivity index (χ4v) is 2.85. The van der Waals surface area contributed by atoms with Crippen molar-refractivity contribution in [2.24, 2.45) is 0 Å². The molecule has 30 heavy (non-hydrogen) atoms. The fraction of sp³-hybridized carbons (Fsp3) is 0.200. The lowest BCUT2D eigenvalue weighted by Gasteiger charge is -2.21. The molecule has 10 nitrogen and oxygen atoms in total. The van der Waals surface area contributed by atoms with Crippen molar-refractivity contribution < 1.29 is 19.9 Å². The molecule has 0 radical (unpaired) electrons.